The Hall–Kier alpha value is 0.240. The summed E-state index contributed by atoms with van der Waals surface area (Å²) in [4.78, 5) is 0. The van der Waals surface area contributed by atoms with Gasteiger partial charge in [0.05, 0.1) is 4.34 Å². The normalized spacial score (nSPS) is 12.3. The predicted octanol–water partition coefficient (Wildman–Crippen LogP) is 3.23. The molecular formula is C7H11Cl2NS. The minimum absolute atomic E-state index is 0. The summed E-state index contributed by atoms with van der Waals surface area (Å²) in [5.41, 5.74) is 6.91. The number of hydrogen-bond acceptors (Lipinski definition) is 2. The summed E-state index contributed by atoms with van der Waals surface area (Å²) in [6.07, 6.45) is 0.965. The molecule has 0 saturated carbocycles. The number of rotatable bonds is 2. The van der Waals surface area contributed by atoms with Crippen molar-refractivity contribution in [2.75, 3.05) is 0 Å². The Morgan fingerprint density at radius 3 is 2.73 bits per heavy atom. The second-order valence-electron chi connectivity index (χ2n) is 2.20. The van der Waals surface area contributed by atoms with Gasteiger partial charge in [-0.1, -0.05) is 18.5 Å². The fourth-order valence-corrected chi connectivity index (χ4v) is 1.71. The van der Waals surface area contributed by atoms with E-state index in [0.29, 0.717) is 0 Å². The Kier molecular flexibility index (Phi) is 5.10. The fraction of sp³-hybridized carbons (Fsp3) is 0.429. The van der Waals surface area contributed by atoms with E-state index in [1.807, 2.05) is 11.4 Å². The van der Waals surface area contributed by atoms with Crippen molar-refractivity contribution in [1.29, 1.82) is 0 Å². The van der Waals surface area contributed by atoms with Gasteiger partial charge in [-0.05, 0) is 23.4 Å². The predicted molar refractivity (Wildman–Crippen MR) is 53.8 cm³/mol. The average Bonchev–Trinajstić information content (AvgIpc) is 2.34. The molecule has 1 heterocycles. The molecule has 1 atom stereocenters. The van der Waals surface area contributed by atoms with Gasteiger partial charge in [-0.2, -0.15) is 0 Å². The highest BCUT2D eigenvalue weighted by Crippen LogP contribution is 2.24. The molecule has 11 heavy (non-hydrogen) atoms. The third-order valence-electron chi connectivity index (χ3n) is 1.46. The molecule has 1 aromatic heterocycles. The SMILES string of the molecule is CCC(N)c1csc(Cl)c1.Cl. The van der Waals surface area contributed by atoms with Crippen LogP contribution in [0.3, 0.4) is 0 Å². The lowest BCUT2D eigenvalue weighted by atomic mass is 10.1. The monoisotopic (exact) mass is 211 g/mol. The molecule has 2 N–H and O–H groups in total. The number of nitrogens with two attached hydrogens (primary N) is 1. The van der Waals surface area contributed by atoms with Crippen LogP contribution in [-0.2, 0) is 0 Å². The Balaban J connectivity index is 0.000001000. The van der Waals surface area contributed by atoms with E-state index in [-0.39, 0.29) is 18.4 Å². The first-order valence-corrected chi connectivity index (χ1v) is 4.49. The van der Waals surface area contributed by atoms with Gasteiger partial charge in [0.2, 0.25) is 0 Å². The molecule has 4 heteroatoms. The van der Waals surface area contributed by atoms with E-state index in [9.17, 15) is 0 Å². The van der Waals surface area contributed by atoms with E-state index in [1.54, 1.807) is 0 Å². The van der Waals surface area contributed by atoms with Crippen molar-refractivity contribution in [2.24, 2.45) is 5.73 Å². The number of hydrogen-bond donors (Lipinski definition) is 1. The minimum atomic E-state index is 0. The highest BCUT2D eigenvalue weighted by atomic mass is 35.5. The smallest absolute Gasteiger partial charge is 0.0931 e. The summed E-state index contributed by atoms with van der Waals surface area (Å²) in [7, 11) is 0. The quantitative estimate of drug-likeness (QED) is 0.800. The highest BCUT2D eigenvalue weighted by Gasteiger charge is 2.04. The van der Waals surface area contributed by atoms with Gasteiger partial charge in [0, 0.05) is 6.04 Å². The molecule has 1 nitrogen and oxygen atoms in total. The van der Waals surface area contributed by atoms with Crippen LogP contribution in [0, 0.1) is 0 Å². The standard InChI is InChI=1S/C7H10ClNS.ClH/c1-2-6(9)5-3-7(8)10-4-5;/h3-4,6H,2,9H2,1H3;1H. The Morgan fingerprint density at radius 1 is 1.73 bits per heavy atom. The van der Waals surface area contributed by atoms with Crippen molar-refractivity contribution in [3.05, 3.63) is 21.3 Å². The van der Waals surface area contributed by atoms with Crippen LogP contribution in [0.4, 0.5) is 0 Å². The Labute approximate surface area is 82.0 Å². The summed E-state index contributed by atoms with van der Waals surface area (Å²) < 4.78 is 0.818. The van der Waals surface area contributed by atoms with E-state index in [0.717, 1.165) is 16.3 Å². The molecule has 0 bridgehead atoms. The largest absolute Gasteiger partial charge is 0.324 e. The summed E-state index contributed by atoms with van der Waals surface area (Å²) in [5.74, 6) is 0. The van der Waals surface area contributed by atoms with Crippen molar-refractivity contribution >= 4 is 35.3 Å². The first kappa shape index (κ1) is 11.2. The molecule has 1 aromatic rings. The Morgan fingerprint density at radius 2 is 2.36 bits per heavy atom. The zero-order valence-electron chi connectivity index (χ0n) is 6.21. The number of halogens is 2. The molecule has 0 spiro atoms. The van der Waals surface area contributed by atoms with Gasteiger partial charge >= 0.3 is 0 Å². The number of thiophene rings is 1. The van der Waals surface area contributed by atoms with Crippen molar-refractivity contribution in [1.82, 2.24) is 0 Å². The maximum absolute atomic E-state index is 5.76. The summed E-state index contributed by atoms with van der Waals surface area (Å²) in [6, 6.07) is 2.09. The molecule has 0 fully saturated rings. The maximum atomic E-state index is 5.76. The van der Waals surface area contributed by atoms with Crippen molar-refractivity contribution in [3.63, 3.8) is 0 Å². The molecule has 64 valence electrons. The highest BCUT2D eigenvalue weighted by molar-refractivity contribution is 7.14. The van der Waals surface area contributed by atoms with Crippen LogP contribution >= 0.6 is 35.3 Å². The zero-order chi connectivity index (χ0) is 7.56. The van der Waals surface area contributed by atoms with Crippen molar-refractivity contribution in [3.8, 4) is 0 Å². The van der Waals surface area contributed by atoms with E-state index in [1.165, 1.54) is 11.3 Å². The lowest BCUT2D eigenvalue weighted by Gasteiger charge is -2.03. The lowest BCUT2D eigenvalue weighted by Crippen LogP contribution is -2.06. The Bertz CT molecular complexity index is 212. The molecule has 1 unspecified atom stereocenters. The van der Waals surface area contributed by atoms with E-state index in [2.05, 4.69) is 6.92 Å². The van der Waals surface area contributed by atoms with Gasteiger partial charge in [-0.3, -0.25) is 0 Å². The summed E-state index contributed by atoms with van der Waals surface area (Å²) in [5, 5.41) is 2.01. The molecule has 0 aliphatic heterocycles. The van der Waals surface area contributed by atoms with Crippen LogP contribution in [0.25, 0.3) is 0 Å². The van der Waals surface area contributed by atoms with Crippen LogP contribution in [0.5, 0.6) is 0 Å². The molecule has 0 aliphatic carbocycles. The van der Waals surface area contributed by atoms with E-state index in [4.69, 9.17) is 17.3 Å². The fourth-order valence-electron chi connectivity index (χ4n) is 0.754. The van der Waals surface area contributed by atoms with Gasteiger partial charge in [0.25, 0.3) is 0 Å². The zero-order valence-corrected chi connectivity index (χ0v) is 8.60. The van der Waals surface area contributed by atoms with E-state index < -0.39 is 0 Å². The topological polar surface area (TPSA) is 26.0 Å². The second kappa shape index (κ2) is 4.99. The minimum Gasteiger partial charge on any atom is -0.324 e. The van der Waals surface area contributed by atoms with Gasteiger partial charge in [0.15, 0.2) is 0 Å². The average molecular weight is 212 g/mol. The van der Waals surface area contributed by atoms with Crippen LogP contribution < -0.4 is 5.73 Å². The molecule has 0 radical (unpaired) electrons. The van der Waals surface area contributed by atoms with E-state index >= 15 is 0 Å². The lowest BCUT2D eigenvalue weighted by molar-refractivity contribution is 0.701. The van der Waals surface area contributed by atoms with Crippen molar-refractivity contribution in [2.45, 2.75) is 19.4 Å². The first-order chi connectivity index (χ1) is 4.74. The maximum Gasteiger partial charge on any atom is 0.0931 e. The second-order valence-corrected chi connectivity index (χ2v) is 3.74. The van der Waals surface area contributed by atoms with Gasteiger partial charge in [-0.15, -0.1) is 23.7 Å². The van der Waals surface area contributed by atoms with Crippen molar-refractivity contribution < 1.29 is 0 Å². The van der Waals surface area contributed by atoms with Crippen LogP contribution in [0.2, 0.25) is 4.34 Å². The third kappa shape index (κ3) is 2.99. The van der Waals surface area contributed by atoms with Crippen LogP contribution in [0.15, 0.2) is 11.4 Å². The van der Waals surface area contributed by atoms with Gasteiger partial charge in [-0.25, -0.2) is 0 Å². The molecule has 1 rings (SSSR count). The molecule has 0 saturated heterocycles. The summed E-state index contributed by atoms with van der Waals surface area (Å²) >= 11 is 7.26. The first-order valence-electron chi connectivity index (χ1n) is 3.23. The van der Waals surface area contributed by atoms with Crippen LogP contribution in [0.1, 0.15) is 24.9 Å². The molecule has 0 aliphatic rings. The molecule has 0 amide bonds. The third-order valence-corrected chi connectivity index (χ3v) is 2.57. The molecule has 0 aromatic carbocycles. The summed E-state index contributed by atoms with van der Waals surface area (Å²) in [6.45, 7) is 2.07. The van der Waals surface area contributed by atoms with Gasteiger partial charge in [0.1, 0.15) is 0 Å². The molecular weight excluding hydrogens is 201 g/mol. The van der Waals surface area contributed by atoms with Crippen LogP contribution in [-0.4, -0.2) is 0 Å². The van der Waals surface area contributed by atoms with Gasteiger partial charge < -0.3 is 5.73 Å².